The van der Waals surface area contributed by atoms with Crippen molar-refractivity contribution in [3.63, 3.8) is 0 Å². The molecule has 0 aliphatic rings. The van der Waals surface area contributed by atoms with E-state index in [9.17, 15) is 9.59 Å². The van der Waals surface area contributed by atoms with Crippen molar-refractivity contribution in [1.82, 2.24) is 0 Å². The van der Waals surface area contributed by atoms with Crippen molar-refractivity contribution in [2.75, 3.05) is 13.2 Å². The molecule has 3 aromatic carbocycles. The van der Waals surface area contributed by atoms with Crippen molar-refractivity contribution in [3.8, 4) is 29.1 Å². The van der Waals surface area contributed by atoms with E-state index < -0.39 is 12.6 Å². The number of carboxylic acid groups (broad SMARTS) is 1. The Kier molecular flexibility index (Phi) is 7.55. The Morgan fingerprint density at radius 3 is 2.25 bits per heavy atom. The molecule has 0 spiro atoms. The fraction of sp³-hybridized carbons (Fsp3) is 0.0870. The standard InChI is InChI=1S/C23H15Cl2NO6/c24-16-7-14(11-26)8-19(9-16)32-22-10-18(5-6-20(22)25)30-12-21(27)15-1-3-17(4-2-15)31-13-23(28)29/h1-10H,12-13H2,(H,28,29). The minimum Gasteiger partial charge on any atom is -0.485 e. The van der Waals surface area contributed by atoms with Gasteiger partial charge in [-0.1, -0.05) is 23.2 Å². The lowest BCUT2D eigenvalue weighted by molar-refractivity contribution is -0.139. The largest absolute Gasteiger partial charge is 0.485 e. The second-order valence-corrected chi connectivity index (χ2v) is 7.24. The molecule has 3 aromatic rings. The Balaban J connectivity index is 1.64. The van der Waals surface area contributed by atoms with Gasteiger partial charge >= 0.3 is 5.97 Å². The molecule has 0 aliphatic carbocycles. The molecule has 9 heteroatoms. The quantitative estimate of drug-likeness (QED) is 0.417. The number of carbonyl (C=O) groups is 2. The summed E-state index contributed by atoms with van der Waals surface area (Å²) in [6.07, 6.45) is 0. The molecule has 162 valence electrons. The second-order valence-electron chi connectivity index (χ2n) is 6.40. The Morgan fingerprint density at radius 2 is 1.56 bits per heavy atom. The minimum absolute atomic E-state index is 0.244. The highest BCUT2D eigenvalue weighted by atomic mass is 35.5. The van der Waals surface area contributed by atoms with Crippen LogP contribution in [0.15, 0.2) is 60.7 Å². The predicted molar refractivity (Wildman–Crippen MR) is 117 cm³/mol. The summed E-state index contributed by atoms with van der Waals surface area (Å²) in [7, 11) is 0. The molecule has 0 saturated carbocycles. The van der Waals surface area contributed by atoms with Crippen LogP contribution in [0.1, 0.15) is 15.9 Å². The van der Waals surface area contributed by atoms with Crippen molar-refractivity contribution in [3.05, 3.63) is 81.8 Å². The Morgan fingerprint density at radius 1 is 0.875 bits per heavy atom. The number of ketones is 1. The third-order valence-electron chi connectivity index (χ3n) is 4.04. The summed E-state index contributed by atoms with van der Waals surface area (Å²) in [5.41, 5.74) is 0.710. The molecule has 3 rings (SSSR count). The zero-order valence-corrected chi connectivity index (χ0v) is 17.9. The van der Waals surface area contributed by atoms with Crippen LogP contribution in [0.25, 0.3) is 0 Å². The van der Waals surface area contributed by atoms with Crippen LogP contribution < -0.4 is 14.2 Å². The lowest BCUT2D eigenvalue weighted by atomic mass is 10.1. The summed E-state index contributed by atoms with van der Waals surface area (Å²) >= 11 is 12.2. The molecule has 7 nitrogen and oxygen atoms in total. The van der Waals surface area contributed by atoms with Crippen LogP contribution in [0.2, 0.25) is 10.0 Å². The van der Waals surface area contributed by atoms with Gasteiger partial charge in [0.1, 0.15) is 23.0 Å². The van der Waals surface area contributed by atoms with Gasteiger partial charge in [0.15, 0.2) is 19.0 Å². The monoisotopic (exact) mass is 471 g/mol. The first kappa shape index (κ1) is 22.9. The molecule has 0 aromatic heterocycles. The van der Waals surface area contributed by atoms with Gasteiger partial charge in [0, 0.05) is 16.7 Å². The first-order valence-electron chi connectivity index (χ1n) is 9.13. The number of nitrogens with zero attached hydrogens (tertiary/aromatic N) is 1. The Bertz CT molecular complexity index is 1190. The lowest BCUT2D eigenvalue weighted by Crippen LogP contribution is -2.12. The number of ether oxygens (including phenoxy) is 3. The summed E-state index contributed by atoms with van der Waals surface area (Å²) in [5.74, 6) is -0.102. The average molecular weight is 472 g/mol. The van der Waals surface area contributed by atoms with Gasteiger partial charge in [-0.2, -0.15) is 5.26 Å². The van der Waals surface area contributed by atoms with Gasteiger partial charge in [0.05, 0.1) is 16.7 Å². The van der Waals surface area contributed by atoms with Gasteiger partial charge in [-0.3, -0.25) is 4.79 Å². The highest BCUT2D eigenvalue weighted by Crippen LogP contribution is 2.34. The lowest BCUT2D eigenvalue weighted by Gasteiger charge is -2.11. The maximum atomic E-state index is 12.4. The van der Waals surface area contributed by atoms with E-state index in [0.29, 0.717) is 38.4 Å². The fourth-order valence-corrected chi connectivity index (χ4v) is 2.96. The van der Waals surface area contributed by atoms with E-state index in [2.05, 4.69) is 0 Å². The van der Waals surface area contributed by atoms with E-state index in [0.717, 1.165) is 0 Å². The first-order chi connectivity index (χ1) is 15.3. The van der Waals surface area contributed by atoms with Gasteiger partial charge in [0.25, 0.3) is 0 Å². The molecule has 32 heavy (non-hydrogen) atoms. The molecular weight excluding hydrogens is 457 g/mol. The topological polar surface area (TPSA) is 106 Å². The number of halogens is 2. The summed E-state index contributed by atoms with van der Waals surface area (Å²) in [5, 5.41) is 18.3. The number of aliphatic carboxylic acids is 1. The maximum absolute atomic E-state index is 12.4. The van der Waals surface area contributed by atoms with Crippen molar-refractivity contribution < 1.29 is 28.9 Å². The maximum Gasteiger partial charge on any atom is 0.341 e. The fourth-order valence-electron chi connectivity index (χ4n) is 2.58. The third kappa shape index (κ3) is 6.38. The van der Waals surface area contributed by atoms with Gasteiger partial charge in [-0.05, 0) is 54.6 Å². The van der Waals surface area contributed by atoms with Crippen LogP contribution in [0.4, 0.5) is 0 Å². The molecule has 0 unspecified atom stereocenters. The van der Waals surface area contributed by atoms with Crippen LogP contribution in [0.3, 0.4) is 0 Å². The highest BCUT2D eigenvalue weighted by Gasteiger charge is 2.11. The predicted octanol–water partition coefficient (Wildman–Crippen LogP) is 5.38. The molecule has 0 heterocycles. The SMILES string of the molecule is N#Cc1cc(Cl)cc(Oc2cc(OCC(=O)c3ccc(OCC(=O)O)cc3)ccc2Cl)c1. The van der Waals surface area contributed by atoms with Crippen LogP contribution in [0.5, 0.6) is 23.0 Å². The summed E-state index contributed by atoms with van der Waals surface area (Å²) in [6.45, 7) is -0.712. The Hall–Kier alpha value is -3.73. The number of benzene rings is 3. The number of nitriles is 1. The van der Waals surface area contributed by atoms with Crippen molar-refractivity contribution >= 4 is 35.0 Å². The van der Waals surface area contributed by atoms with Gasteiger partial charge in [-0.25, -0.2) is 4.79 Å². The molecule has 0 fully saturated rings. The number of hydrogen-bond acceptors (Lipinski definition) is 6. The number of hydrogen-bond donors (Lipinski definition) is 1. The highest BCUT2D eigenvalue weighted by molar-refractivity contribution is 6.32. The van der Waals surface area contributed by atoms with E-state index in [4.69, 9.17) is 47.8 Å². The van der Waals surface area contributed by atoms with E-state index in [1.807, 2.05) is 6.07 Å². The number of carbonyl (C=O) groups excluding carboxylic acids is 1. The normalized spacial score (nSPS) is 10.2. The van der Waals surface area contributed by atoms with E-state index in [1.54, 1.807) is 18.2 Å². The van der Waals surface area contributed by atoms with Crippen molar-refractivity contribution in [1.29, 1.82) is 5.26 Å². The molecule has 0 atom stereocenters. The minimum atomic E-state index is -1.09. The molecule has 0 saturated heterocycles. The summed E-state index contributed by atoms with van der Waals surface area (Å²) in [4.78, 5) is 22.9. The first-order valence-corrected chi connectivity index (χ1v) is 9.88. The van der Waals surface area contributed by atoms with Gasteiger partial charge in [-0.15, -0.1) is 0 Å². The molecule has 0 radical (unpaired) electrons. The number of Topliss-reactive ketones (excluding diaryl/α,β-unsaturated/α-hetero) is 1. The molecular formula is C23H15Cl2NO6. The molecule has 0 bridgehead atoms. The van der Waals surface area contributed by atoms with Crippen LogP contribution in [0, 0.1) is 11.3 Å². The van der Waals surface area contributed by atoms with Crippen LogP contribution >= 0.6 is 23.2 Å². The van der Waals surface area contributed by atoms with Gasteiger partial charge in [0.2, 0.25) is 0 Å². The zero-order chi connectivity index (χ0) is 23.1. The van der Waals surface area contributed by atoms with Crippen molar-refractivity contribution in [2.45, 2.75) is 0 Å². The number of carboxylic acids is 1. The zero-order valence-electron chi connectivity index (χ0n) is 16.4. The molecule has 1 N–H and O–H groups in total. The Labute approximate surface area is 193 Å². The van der Waals surface area contributed by atoms with E-state index in [-0.39, 0.29) is 18.1 Å². The summed E-state index contributed by atoms with van der Waals surface area (Å²) in [6, 6.07) is 17.3. The molecule has 0 aliphatic heterocycles. The number of rotatable bonds is 9. The third-order valence-corrected chi connectivity index (χ3v) is 4.57. The second kappa shape index (κ2) is 10.5. The van der Waals surface area contributed by atoms with Crippen molar-refractivity contribution in [2.24, 2.45) is 0 Å². The molecule has 0 amide bonds. The average Bonchev–Trinajstić information content (AvgIpc) is 2.77. The summed E-state index contributed by atoms with van der Waals surface area (Å²) < 4.78 is 16.3. The van der Waals surface area contributed by atoms with Crippen LogP contribution in [-0.4, -0.2) is 30.1 Å². The van der Waals surface area contributed by atoms with Crippen LogP contribution in [-0.2, 0) is 4.79 Å². The van der Waals surface area contributed by atoms with E-state index in [1.165, 1.54) is 42.5 Å². The van der Waals surface area contributed by atoms with Gasteiger partial charge < -0.3 is 19.3 Å². The van der Waals surface area contributed by atoms with E-state index >= 15 is 0 Å². The smallest absolute Gasteiger partial charge is 0.341 e.